The molecule has 6 heteroatoms. The highest BCUT2D eigenvalue weighted by Crippen LogP contribution is 2.28. The monoisotopic (exact) mass is 296 g/mol. The van der Waals surface area contributed by atoms with Crippen LogP contribution in [0.15, 0.2) is 35.0 Å². The smallest absolute Gasteiger partial charge is 0.292 e. The molecule has 1 atom stereocenters. The number of nitro groups is 1. The predicted molar refractivity (Wildman–Crippen MR) is 79.2 cm³/mol. The summed E-state index contributed by atoms with van der Waals surface area (Å²) in [4.78, 5) is 10.5. The van der Waals surface area contributed by atoms with Crippen molar-refractivity contribution in [3.05, 3.63) is 55.7 Å². The van der Waals surface area contributed by atoms with Gasteiger partial charge in [0.15, 0.2) is 0 Å². The van der Waals surface area contributed by atoms with E-state index in [0.29, 0.717) is 10.7 Å². The molecule has 2 aromatic rings. The van der Waals surface area contributed by atoms with Crippen molar-refractivity contribution >= 4 is 34.3 Å². The summed E-state index contributed by atoms with van der Waals surface area (Å²) < 4.78 is 0. The van der Waals surface area contributed by atoms with Crippen LogP contribution >= 0.6 is 22.9 Å². The van der Waals surface area contributed by atoms with Gasteiger partial charge in [0.1, 0.15) is 5.69 Å². The molecule has 1 N–H and O–H groups in total. The number of anilines is 1. The van der Waals surface area contributed by atoms with Gasteiger partial charge in [0.25, 0.3) is 5.69 Å². The van der Waals surface area contributed by atoms with Gasteiger partial charge in [0.2, 0.25) is 0 Å². The lowest BCUT2D eigenvalue weighted by Gasteiger charge is -2.14. The maximum absolute atomic E-state index is 11.0. The van der Waals surface area contributed by atoms with Crippen LogP contribution in [0.5, 0.6) is 0 Å². The number of nitro benzene ring substituents is 1. The average molecular weight is 297 g/mol. The second kappa shape index (κ2) is 6.04. The van der Waals surface area contributed by atoms with Crippen LogP contribution in [0.3, 0.4) is 0 Å². The maximum atomic E-state index is 11.0. The quantitative estimate of drug-likeness (QED) is 0.659. The molecule has 1 aromatic carbocycles. The summed E-state index contributed by atoms with van der Waals surface area (Å²) in [5.74, 6) is 0. The topological polar surface area (TPSA) is 55.2 Å². The first-order valence-corrected chi connectivity index (χ1v) is 7.10. The second-order valence-corrected chi connectivity index (χ2v) is 5.52. The molecule has 2 rings (SSSR count). The third kappa shape index (κ3) is 3.68. The van der Waals surface area contributed by atoms with Gasteiger partial charge in [-0.15, -0.1) is 0 Å². The SMILES string of the molecule is CC(Cc1ccsc1)Nc1cc(Cl)ccc1[N+](=O)[O-]. The molecular weight excluding hydrogens is 284 g/mol. The number of benzene rings is 1. The molecule has 1 unspecified atom stereocenters. The van der Waals surface area contributed by atoms with Crippen LogP contribution in [0.25, 0.3) is 0 Å². The van der Waals surface area contributed by atoms with Crippen molar-refractivity contribution in [2.75, 3.05) is 5.32 Å². The third-order valence-corrected chi connectivity index (χ3v) is 3.65. The van der Waals surface area contributed by atoms with E-state index in [4.69, 9.17) is 11.6 Å². The van der Waals surface area contributed by atoms with Crippen molar-refractivity contribution in [2.45, 2.75) is 19.4 Å². The molecule has 1 aromatic heterocycles. The fraction of sp³-hybridized carbons (Fsp3) is 0.231. The number of nitrogens with zero attached hydrogens (tertiary/aromatic N) is 1. The summed E-state index contributed by atoms with van der Waals surface area (Å²) in [6.45, 7) is 1.99. The Balaban J connectivity index is 2.13. The fourth-order valence-corrected chi connectivity index (χ4v) is 2.72. The lowest BCUT2D eigenvalue weighted by Crippen LogP contribution is -2.18. The molecule has 0 saturated heterocycles. The van der Waals surface area contributed by atoms with Gasteiger partial charge in [-0.1, -0.05) is 11.6 Å². The van der Waals surface area contributed by atoms with Gasteiger partial charge in [0.05, 0.1) is 4.92 Å². The molecule has 0 bridgehead atoms. The largest absolute Gasteiger partial charge is 0.377 e. The van der Waals surface area contributed by atoms with Crippen molar-refractivity contribution in [3.63, 3.8) is 0 Å². The van der Waals surface area contributed by atoms with Gasteiger partial charge in [-0.05, 0) is 47.9 Å². The van der Waals surface area contributed by atoms with E-state index in [0.717, 1.165) is 6.42 Å². The molecule has 0 spiro atoms. The first kappa shape index (κ1) is 13.8. The molecule has 100 valence electrons. The maximum Gasteiger partial charge on any atom is 0.292 e. The van der Waals surface area contributed by atoms with Crippen LogP contribution in [-0.4, -0.2) is 11.0 Å². The van der Waals surface area contributed by atoms with Crippen LogP contribution in [0.4, 0.5) is 11.4 Å². The zero-order chi connectivity index (χ0) is 13.8. The number of rotatable bonds is 5. The van der Waals surface area contributed by atoms with Crippen LogP contribution < -0.4 is 5.32 Å². The van der Waals surface area contributed by atoms with E-state index in [1.54, 1.807) is 17.4 Å². The molecule has 0 amide bonds. The summed E-state index contributed by atoms with van der Waals surface area (Å²) in [7, 11) is 0. The van der Waals surface area contributed by atoms with Crippen molar-refractivity contribution < 1.29 is 4.92 Å². The molecule has 19 heavy (non-hydrogen) atoms. The minimum Gasteiger partial charge on any atom is -0.377 e. The van der Waals surface area contributed by atoms with E-state index in [2.05, 4.69) is 16.8 Å². The Labute approximate surface area is 120 Å². The predicted octanol–water partition coefficient (Wildman–Crippen LogP) is 4.35. The summed E-state index contributed by atoms with van der Waals surface area (Å²) in [5, 5.41) is 18.7. The molecule has 0 fully saturated rings. The average Bonchev–Trinajstić information content (AvgIpc) is 2.81. The van der Waals surface area contributed by atoms with Crippen molar-refractivity contribution in [1.82, 2.24) is 0 Å². The Morgan fingerprint density at radius 1 is 1.47 bits per heavy atom. The Kier molecular flexibility index (Phi) is 4.39. The van der Waals surface area contributed by atoms with Crippen LogP contribution in [0, 0.1) is 10.1 Å². The molecule has 0 aliphatic carbocycles. The van der Waals surface area contributed by atoms with Gasteiger partial charge < -0.3 is 5.32 Å². The van der Waals surface area contributed by atoms with Crippen LogP contribution in [0.1, 0.15) is 12.5 Å². The zero-order valence-electron chi connectivity index (χ0n) is 10.3. The summed E-state index contributed by atoms with van der Waals surface area (Å²) in [6, 6.07) is 6.67. The Morgan fingerprint density at radius 2 is 2.26 bits per heavy atom. The minimum absolute atomic E-state index is 0.0431. The van der Waals surface area contributed by atoms with E-state index in [1.807, 2.05) is 12.3 Å². The fourth-order valence-electron chi connectivity index (χ4n) is 1.86. The Morgan fingerprint density at radius 3 is 2.89 bits per heavy atom. The first-order valence-electron chi connectivity index (χ1n) is 5.78. The molecule has 0 aliphatic rings. The zero-order valence-corrected chi connectivity index (χ0v) is 11.9. The summed E-state index contributed by atoms with van der Waals surface area (Å²) in [6.07, 6.45) is 0.813. The van der Waals surface area contributed by atoms with Gasteiger partial charge in [-0.2, -0.15) is 11.3 Å². The van der Waals surface area contributed by atoms with E-state index in [9.17, 15) is 10.1 Å². The van der Waals surface area contributed by atoms with Crippen molar-refractivity contribution in [3.8, 4) is 0 Å². The minimum atomic E-state index is -0.407. The van der Waals surface area contributed by atoms with Gasteiger partial charge in [-0.3, -0.25) is 10.1 Å². The molecular formula is C13H13ClN2O2S. The number of halogens is 1. The summed E-state index contributed by atoms with van der Waals surface area (Å²) >= 11 is 7.53. The number of nitrogens with one attached hydrogen (secondary N) is 1. The van der Waals surface area contributed by atoms with Crippen LogP contribution in [-0.2, 0) is 6.42 Å². The third-order valence-electron chi connectivity index (χ3n) is 2.68. The first-order chi connectivity index (χ1) is 9.06. The lowest BCUT2D eigenvalue weighted by atomic mass is 10.1. The van der Waals surface area contributed by atoms with Crippen molar-refractivity contribution in [2.24, 2.45) is 0 Å². The Hall–Kier alpha value is -1.59. The highest BCUT2D eigenvalue weighted by molar-refractivity contribution is 7.07. The van der Waals surface area contributed by atoms with E-state index >= 15 is 0 Å². The molecule has 1 heterocycles. The van der Waals surface area contributed by atoms with Gasteiger partial charge >= 0.3 is 0 Å². The number of hydrogen-bond acceptors (Lipinski definition) is 4. The van der Waals surface area contributed by atoms with Crippen molar-refractivity contribution in [1.29, 1.82) is 0 Å². The molecule has 0 aliphatic heterocycles. The number of thiophene rings is 1. The van der Waals surface area contributed by atoms with E-state index in [1.165, 1.54) is 17.7 Å². The standard InChI is InChI=1S/C13H13ClN2O2S/c1-9(6-10-4-5-19-8-10)15-12-7-11(14)2-3-13(12)16(17)18/h2-5,7-9,15H,6H2,1H3. The van der Waals surface area contributed by atoms with Gasteiger partial charge in [-0.25, -0.2) is 0 Å². The number of hydrogen-bond donors (Lipinski definition) is 1. The highest BCUT2D eigenvalue weighted by atomic mass is 35.5. The summed E-state index contributed by atoms with van der Waals surface area (Å²) in [5.41, 5.74) is 1.72. The second-order valence-electron chi connectivity index (χ2n) is 4.30. The molecule has 4 nitrogen and oxygen atoms in total. The molecule has 0 radical (unpaired) electrons. The lowest BCUT2D eigenvalue weighted by molar-refractivity contribution is -0.384. The molecule has 0 saturated carbocycles. The van der Waals surface area contributed by atoms with Crippen LogP contribution in [0.2, 0.25) is 5.02 Å². The Bertz CT molecular complexity index is 572. The van der Waals surface area contributed by atoms with E-state index in [-0.39, 0.29) is 11.7 Å². The van der Waals surface area contributed by atoms with Gasteiger partial charge in [0, 0.05) is 17.1 Å². The normalized spacial score (nSPS) is 12.1. The highest BCUT2D eigenvalue weighted by Gasteiger charge is 2.15. The van der Waals surface area contributed by atoms with E-state index < -0.39 is 4.92 Å².